The number of nitrogens with one attached hydrogen (secondary N) is 1. The summed E-state index contributed by atoms with van der Waals surface area (Å²) in [7, 11) is 0. The third-order valence-corrected chi connectivity index (χ3v) is 2.96. The molecule has 0 fully saturated rings. The van der Waals surface area contributed by atoms with Gasteiger partial charge >= 0.3 is 5.97 Å². The van der Waals surface area contributed by atoms with Gasteiger partial charge in [0.05, 0.1) is 17.9 Å². The van der Waals surface area contributed by atoms with Crippen molar-refractivity contribution < 1.29 is 14.3 Å². The van der Waals surface area contributed by atoms with Crippen molar-refractivity contribution in [3.05, 3.63) is 54.4 Å². The number of rotatable bonds is 6. The van der Waals surface area contributed by atoms with Gasteiger partial charge in [0.1, 0.15) is 0 Å². The maximum atomic E-state index is 12.0. The number of ether oxygens (including phenoxy) is 1. The van der Waals surface area contributed by atoms with Crippen LogP contribution < -0.4 is 5.32 Å². The van der Waals surface area contributed by atoms with Crippen LogP contribution in [0.25, 0.3) is 0 Å². The summed E-state index contributed by atoms with van der Waals surface area (Å²) in [5.74, 6) is -0.570. The highest BCUT2D eigenvalue weighted by Crippen LogP contribution is 2.16. The van der Waals surface area contributed by atoms with E-state index < -0.39 is 5.97 Å². The van der Waals surface area contributed by atoms with Crippen LogP contribution in [-0.2, 0) is 16.1 Å². The molecule has 0 bridgehead atoms. The number of carbonyl (C=O) groups is 2. The molecule has 0 unspecified atom stereocenters. The lowest BCUT2D eigenvalue weighted by Gasteiger charge is -2.10. The fraction of sp³-hybridized carbons (Fsp3) is 0.250. The molecule has 1 amide bonds. The molecule has 21 heavy (non-hydrogen) atoms. The normalized spacial score (nSPS) is 10.1. The molecule has 0 radical (unpaired) electrons. The molecule has 2 rings (SSSR count). The van der Waals surface area contributed by atoms with Crippen molar-refractivity contribution in [2.75, 3.05) is 11.9 Å². The lowest BCUT2D eigenvalue weighted by atomic mass is 10.1. The molecule has 0 spiro atoms. The fourth-order valence-corrected chi connectivity index (χ4v) is 1.94. The Morgan fingerprint density at radius 3 is 2.57 bits per heavy atom. The van der Waals surface area contributed by atoms with Crippen LogP contribution in [0.15, 0.2) is 48.8 Å². The number of nitrogens with zero attached hydrogens (tertiary/aromatic N) is 1. The Bertz CT molecular complexity index is 606. The van der Waals surface area contributed by atoms with Crippen LogP contribution >= 0.6 is 0 Å². The molecular formula is C16H18N2O3. The van der Waals surface area contributed by atoms with E-state index in [1.54, 1.807) is 31.2 Å². The van der Waals surface area contributed by atoms with Crippen molar-refractivity contribution in [3.63, 3.8) is 0 Å². The second kappa shape index (κ2) is 7.28. The number of para-hydroxylation sites is 1. The number of anilines is 1. The molecule has 1 heterocycles. The second-order valence-electron chi connectivity index (χ2n) is 4.49. The fourth-order valence-electron chi connectivity index (χ4n) is 1.94. The Morgan fingerprint density at radius 2 is 1.86 bits per heavy atom. The van der Waals surface area contributed by atoms with E-state index in [0.717, 1.165) is 0 Å². The first kappa shape index (κ1) is 14.8. The van der Waals surface area contributed by atoms with Crippen molar-refractivity contribution in [1.82, 2.24) is 4.57 Å². The summed E-state index contributed by atoms with van der Waals surface area (Å²) in [6.45, 7) is 2.64. The number of hydrogen-bond acceptors (Lipinski definition) is 3. The molecule has 0 atom stereocenters. The molecule has 1 aromatic carbocycles. The number of esters is 1. The average Bonchev–Trinajstić information content (AvgIpc) is 2.99. The molecule has 0 aliphatic rings. The van der Waals surface area contributed by atoms with Gasteiger partial charge in [-0.15, -0.1) is 0 Å². The topological polar surface area (TPSA) is 60.3 Å². The third-order valence-electron chi connectivity index (χ3n) is 2.96. The molecule has 5 nitrogen and oxygen atoms in total. The Labute approximate surface area is 123 Å². The first-order valence-corrected chi connectivity index (χ1v) is 6.87. The summed E-state index contributed by atoms with van der Waals surface area (Å²) in [6.07, 6.45) is 4.14. The lowest BCUT2D eigenvalue weighted by Crippen LogP contribution is -2.17. The lowest BCUT2D eigenvalue weighted by molar-refractivity contribution is -0.116. The van der Waals surface area contributed by atoms with Crippen LogP contribution in [0.2, 0.25) is 0 Å². The molecule has 0 aliphatic heterocycles. The summed E-state index contributed by atoms with van der Waals surface area (Å²) < 4.78 is 6.90. The van der Waals surface area contributed by atoms with Gasteiger partial charge in [0.2, 0.25) is 5.91 Å². The van der Waals surface area contributed by atoms with Crippen LogP contribution in [0.4, 0.5) is 5.69 Å². The number of hydrogen-bond donors (Lipinski definition) is 1. The van der Waals surface area contributed by atoms with Crippen molar-refractivity contribution in [2.24, 2.45) is 0 Å². The quantitative estimate of drug-likeness (QED) is 0.831. The van der Waals surface area contributed by atoms with E-state index in [9.17, 15) is 9.59 Å². The van der Waals surface area contributed by atoms with E-state index in [-0.39, 0.29) is 5.91 Å². The molecular weight excluding hydrogens is 268 g/mol. The van der Waals surface area contributed by atoms with Gasteiger partial charge < -0.3 is 14.6 Å². The van der Waals surface area contributed by atoms with Gasteiger partial charge in [0, 0.05) is 25.4 Å². The van der Waals surface area contributed by atoms with Gasteiger partial charge in [0.15, 0.2) is 0 Å². The summed E-state index contributed by atoms with van der Waals surface area (Å²) in [4.78, 5) is 23.8. The Hall–Kier alpha value is -2.56. The first-order valence-electron chi connectivity index (χ1n) is 6.87. The second-order valence-corrected chi connectivity index (χ2v) is 4.49. The van der Waals surface area contributed by atoms with E-state index in [0.29, 0.717) is 30.8 Å². The van der Waals surface area contributed by atoms with Crippen LogP contribution in [0.1, 0.15) is 23.7 Å². The molecule has 1 N–H and O–H groups in total. The van der Waals surface area contributed by atoms with Gasteiger partial charge in [-0.25, -0.2) is 4.79 Å². The summed E-state index contributed by atoms with van der Waals surface area (Å²) in [5, 5.41) is 2.76. The van der Waals surface area contributed by atoms with Crippen LogP contribution in [0.3, 0.4) is 0 Å². The van der Waals surface area contributed by atoms with Gasteiger partial charge in [-0.2, -0.15) is 0 Å². The standard InChI is InChI=1S/C16H18N2O3/c1-2-21-16(20)13-7-3-4-8-14(13)17-15(19)9-12-18-10-5-6-11-18/h3-8,10-11H,2,9,12H2,1H3,(H,17,19). The summed E-state index contributed by atoms with van der Waals surface area (Å²) in [5.41, 5.74) is 0.849. The predicted octanol–water partition coefficient (Wildman–Crippen LogP) is 2.69. The Balaban J connectivity index is 1.98. The first-order chi connectivity index (χ1) is 10.2. The van der Waals surface area contributed by atoms with Gasteiger partial charge in [-0.1, -0.05) is 12.1 Å². The van der Waals surface area contributed by atoms with Crippen molar-refractivity contribution in [1.29, 1.82) is 0 Å². The van der Waals surface area contributed by atoms with Crippen LogP contribution in [0, 0.1) is 0 Å². The summed E-state index contributed by atoms with van der Waals surface area (Å²) >= 11 is 0. The molecule has 0 aliphatic carbocycles. The highest BCUT2D eigenvalue weighted by molar-refractivity contribution is 6.01. The van der Waals surface area contributed by atoms with Crippen molar-refractivity contribution in [2.45, 2.75) is 19.9 Å². The number of aryl methyl sites for hydroxylation is 1. The van der Waals surface area contributed by atoms with Crippen LogP contribution in [-0.4, -0.2) is 23.1 Å². The van der Waals surface area contributed by atoms with Gasteiger partial charge in [-0.3, -0.25) is 4.79 Å². The van der Waals surface area contributed by atoms with Gasteiger partial charge in [-0.05, 0) is 31.2 Å². The smallest absolute Gasteiger partial charge is 0.340 e. The molecule has 110 valence electrons. The minimum Gasteiger partial charge on any atom is -0.462 e. The highest BCUT2D eigenvalue weighted by atomic mass is 16.5. The van der Waals surface area contributed by atoms with E-state index in [1.807, 2.05) is 29.1 Å². The van der Waals surface area contributed by atoms with Gasteiger partial charge in [0.25, 0.3) is 0 Å². The number of aromatic nitrogens is 1. The monoisotopic (exact) mass is 286 g/mol. The molecule has 5 heteroatoms. The summed E-state index contributed by atoms with van der Waals surface area (Å²) in [6, 6.07) is 10.7. The zero-order chi connectivity index (χ0) is 15.1. The molecule has 0 saturated carbocycles. The Morgan fingerprint density at radius 1 is 1.14 bits per heavy atom. The molecule has 0 saturated heterocycles. The molecule has 1 aromatic heterocycles. The number of amides is 1. The van der Waals surface area contributed by atoms with E-state index >= 15 is 0 Å². The van der Waals surface area contributed by atoms with E-state index in [4.69, 9.17) is 4.74 Å². The maximum Gasteiger partial charge on any atom is 0.340 e. The van der Waals surface area contributed by atoms with Crippen molar-refractivity contribution >= 4 is 17.6 Å². The van der Waals surface area contributed by atoms with E-state index in [2.05, 4.69) is 5.32 Å². The predicted molar refractivity (Wildman–Crippen MR) is 80.1 cm³/mol. The zero-order valence-corrected chi connectivity index (χ0v) is 11.9. The highest BCUT2D eigenvalue weighted by Gasteiger charge is 2.13. The van der Waals surface area contributed by atoms with E-state index in [1.165, 1.54) is 0 Å². The minimum atomic E-state index is -0.432. The van der Waals surface area contributed by atoms with Crippen molar-refractivity contribution in [3.8, 4) is 0 Å². The Kier molecular flexibility index (Phi) is 5.15. The minimum absolute atomic E-state index is 0.138. The SMILES string of the molecule is CCOC(=O)c1ccccc1NC(=O)CCn1cccc1. The largest absolute Gasteiger partial charge is 0.462 e. The third kappa shape index (κ3) is 4.21. The number of carbonyl (C=O) groups excluding carboxylic acids is 2. The van der Waals surface area contributed by atoms with Crippen LogP contribution in [0.5, 0.6) is 0 Å². The molecule has 2 aromatic rings. The average molecular weight is 286 g/mol. The maximum absolute atomic E-state index is 12.0. The zero-order valence-electron chi connectivity index (χ0n) is 11.9. The number of benzene rings is 1.